The molecule has 2 aliphatic heterocycles. The third kappa shape index (κ3) is 2.11. The summed E-state index contributed by atoms with van der Waals surface area (Å²) in [4.78, 5) is 0. The average Bonchev–Trinajstić information content (AvgIpc) is 2.99. The second kappa shape index (κ2) is 4.78. The van der Waals surface area contributed by atoms with Crippen LogP contribution in [-0.4, -0.2) is 36.0 Å². The maximum absolute atomic E-state index is 4.62. The van der Waals surface area contributed by atoms with Crippen LogP contribution in [0.4, 0.5) is 0 Å². The number of aromatic nitrogens is 2. The number of rotatable bonds is 2. The molecule has 2 atom stereocenters. The average molecular weight is 234 g/mol. The Morgan fingerprint density at radius 1 is 1.24 bits per heavy atom. The van der Waals surface area contributed by atoms with Crippen molar-refractivity contribution in [2.45, 2.75) is 38.1 Å². The lowest BCUT2D eigenvalue weighted by Gasteiger charge is -2.23. The van der Waals surface area contributed by atoms with Crippen LogP contribution in [0.1, 0.15) is 42.5 Å². The molecule has 0 radical (unpaired) electrons. The van der Waals surface area contributed by atoms with Gasteiger partial charge in [-0.2, -0.15) is 5.10 Å². The van der Waals surface area contributed by atoms with Crippen molar-refractivity contribution in [2.75, 3.05) is 26.2 Å². The highest BCUT2D eigenvalue weighted by Gasteiger charge is 2.24. The van der Waals surface area contributed by atoms with Crippen molar-refractivity contribution in [2.24, 2.45) is 0 Å². The normalized spacial score (nSPS) is 29.7. The summed E-state index contributed by atoms with van der Waals surface area (Å²) in [5, 5.41) is 11.5. The molecule has 4 nitrogen and oxygen atoms in total. The molecule has 2 saturated heterocycles. The SMILES string of the molecule is Cc1c(C2CCCNC2)cnn1C1CCNC1. The van der Waals surface area contributed by atoms with Gasteiger partial charge in [0.25, 0.3) is 0 Å². The number of nitrogens with one attached hydrogen (secondary N) is 2. The number of hydrogen-bond acceptors (Lipinski definition) is 3. The van der Waals surface area contributed by atoms with Crippen molar-refractivity contribution < 1.29 is 0 Å². The molecule has 0 bridgehead atoms. The van der Waals surface area contributed by atoms with Gasteiger partial charge in [0, 0.05) is 18.8 Å². The lowest BCUT2D eigenvalue weighted by Crippen LogP contribution is -2.28. The predicted octanol–water partition coefficient (Wildman–Crippen LogP) is 1.19. The molecule has 4 heteroatoms. The Hall–Kier alpha value is -0.870. The summed E-state index contributed by atoms with van der Waals surface area (Å²) >= 11 is 0. The zero-order valence-electron chi connectivity index (χ0n) is 10.6. The van der Waals surface area contributed by atoms with Gasteiger partial charge in [-0.25, -0.2) is 0 Å². The van der Waals surface area contributed by atoms with Gasteiger partial charge < -0.3 is 10.6 Å². The fourth-order valence-corrected chi connectivity index (χ4v) is 3.17. The fourth-order valence-electron chi connectivity index (χ4n) is 3.17. The van der Waals surface area contributed by atoms with Crippen molar-refractivity contribution in [3.63, 3.8) is 0 Å². The van der Waals surface area contributed by atoms with E-state index in [2.05, 4.69) is 33.5 Å². The molecule has 2 unspecified atom stereocenters. The molecular weight excluding hydrogens is 212 g/mol. The minimum absolute atomic E-state index is 0.570. The molecule has 0 saturated carbocycles. The summed E-state index contributed by atoms with van der Waals surface area (Å²) in [5.41, 5.74) is 2.84. The zero-order valence-corrected chi connectivity index (χ0v) is 10.6. The van der Waals surface area contributed by atoms with Crippen LogP contribution in [0.5, 0.6) is 0 Å². The van der Waals surface area contributed by atoms with E-state index in [9.17, 15) is 0 Å². The monoisotopic (exact) mass is 234 g/mol. The van der Waals surface area contributed by atoms with Crippen molar-refractivity contribution in [1.82, 2.24) is 20.4 Å². The standard InChI is InChI=1S/C13H22N4/c1-10-13(11-3-2-5-14-7-11)9-16-17(10)12-4-6-15-8-12/h9,11-12,14-15H,2-8H2,1H3. The summed E-state index contributed by atoms with van der Waals surface area (Å²) in [6.07, 6.45) is 5.92. The summed E-state index contributed by atoms with van der Waals surface area (Å²) < 4.78 is 2.24. The quantitative estimate of drug-likeness (QED) is 0.808. The smallest absolute Gasteiger partial charge is 0.0658 e. The van der Waals surface area contributed by atoms with Gasteiger partial charge in [0.2, 0.25) is 0 Å². The molecule has 2 fully saturated rings. The van der Waals surface area contributed by atoms with Crippen LogP contribution in [0, 0.1) is 6.92 Å². The Morgan fingerprint density at radius 3 is 2.82 bits per heavy atom. The molecule has 2 aliphatic rings. The van der Waals surface area contributed by atoms with E-state index < -0.39 is 0 Å². The van der Waals surface area contributed by atoms with Crippen LogP contribution in [0.15, 0.2) is 6.20 Å². The van der Waals surface area contributed by atoms with Crippen molar-refractivity contribution >= 4 is 0 Å². The van der Waals surface area contributed by atoms with Crippen LogP contribution in [0.2, 0.25) is 0 Å². The van der Waals surface area contributed by atoms with E-state index in [0.29, 0.717) is 12.0 Å². The van der Waals surface area contributed by atoms with Crippen molar-refractivity contribution in [3.8, 4) is 0 Å². The van der Waals surface area contributed by atoms with Crippen LogP contribution < -0.4 is 10.6 Å². The zero-order chi connectivity index (χ0) is 11.7. The maximum atomic E-state index is 4.62. The molecule has 1 aromatic heterocycles. The Morgan fingerprint density at radius 2 is 2.12 bits per heavy atom. The Labute approximate surface area is 103 Å². The summed E-state index contributed by atoms with van der Waals surface area (Å²) in [7, 11) is 0. The van der Waals surface area contributed by atoms with E-state index >= 15 is 0 Å². The number of nitrogens with zero attached hydrogens (tertiary/aromatic N) is 2. The van der Waals surface area contributed by atoms with Gasteiger partial charge in [-0.15, -0.1) is 0 Å². The number of hydrogen-bond donors (Lipinski definition) is 2. The summed E-state index contributed by atoms with van der Waals surface area (Å²) in [6.45, 7) is 6.73. The highest BCUT2D eigenvalue weighted by molar-refractivity contribution is 5.23. The Kier molecular flexibility index (Phi) is 3.16. The van der Waals surface area contributed by atoms with Crippen LogP contribution in [-0.2, 0) is 0 Å². The molecule has 17 heavy (non-hydrogen) atoms. The molecule has 1 aromatic rings. The molecule has 3 heterocycles. The minimum atomic E-state index is 0.570. The molecule has 2 N–H and O–H groups in total. The van der Waals surface area contributed by atoms with Crippen LogP contribution >= 0.6 is 0 Å². The van der Waals surface area contributed by atoms with Gasteiger partial charge in [0.1, 0.15) is 0 Å². The maximum Gasteiger partial charge on any atom is 0.0658 e. The summed E-state index contributed by atoms with van der Waals surface area (Å²) in [6, 6.07) is 0.570. The lowest BCUT2D eigenvalue weighted by atomic mass is 9.92. The summed E-state index contributed by atoms with van der Waals surface area (Å²) in [5.74, 6) is 0.673. The van der Waals surface area contributed by atoms with Gasteiger partial charge in [-0.1, -0.05) is 0 Å². The van der Waals surface area contributed by atoms with E-state index in [1.54, 1.807) is 0 Å². The second-order valence-electron chi connectivity index (χ2n) is 5.32. The molecule has 0 aliphatic carbocycles. The third-order valence-electron chi connectivity index (χ3n) is 4.20. The van der Waals surface area contributed by atoms with E-state index in [0.717, 1.165) is 19.6 Å². The molecule has 0 aromatic carbocycles. The minimum Gasteiger partial charge on any atom is -0.316 e. The van der Waals surface area contributed by atoms with Crippen LogP contribution in [0.3, 0.4) is 0 Å². The molecule has 94 valence electrons. The van der Waals surface area contributed by atoms with Gasteiger partial charge in [-0.05, 0) is 50.8 Å². The first-order chi connectivity index (χ1) is 8.36. The van der Waals surface area contributed by atoms with E-state index in [1.165, 1.54) is 37.1 Å². The van der Waals surface area contributed by atoms with E-state index in [4.69, 9.17) is 0 Å². The van der Waals surface area contributed by atoms with Crippen molar-refractivity contribution in [3.05, 3.63) is 17.5 Å². The van der Waals surface area contributed by atoms with Gasteiger partial charge in [0.05, 0.1) is 12.2 Å². The lowest BCUT2D eigenvalue weighted by molar-refractivity contribution is 0.453. The first-order valence-electron chi connectivity index (χ1n) is 6.81. The molecule has 3 rings (SSSR count). The van der Waals surface area contributed by atoms with E-state index in [-0.39, 0.29) is 0 Å². The highest BCUT2D eigenvalue weighted by atomic mass is 15.3. The first kappa shape index (κ1) is 11.2. The van der Waals surface area contributed by atoms with Gasteiger partial charge >= 0.3 is 0 Å². The molecular formula is C13H22N4. The fraction of sp³-hybridized carbons (Fsp3) is 0.769. The number of piperidine rings is 1. The van der Waals surface area contributed by atoms with Gasteiger partial charge in [-0.3, -0.25) is 4.68 Å². The second-order valence-corrected chi connectivity index (χ2v) is 5.32. The topological polar surface area (TPSA) is 41.9 Å². The largest absolute Gasteiger partial charge is 0.316 e. The highest BCUT2D eigenvalue weighted by Crippen LogP contribution is 2.28. The first-order valence-corrected chi connectivity index (χ1v) is 6.81. The Bertz CT molecular complexity index is 373. The third-order valence-corrected chi connectivity index (χ3v) is 4.20. The van der Waals surface area contributed by atoms with Crippen molar-refractivity contribution in [1.29, 1.82) is 0 Å². The Balaban J connectivity index is 1.80. The van der Waals surface area contributed by atoms with Gasteiger partial charge in [0.15, 0.2) is 0 Å². The molecule has 0 amide bonds. The van der Waals surface area contributed by atoms with E-state index in [1.807, 2.05) is 0 Å². The molecule has 0 spiro atoms. The predicted molar refractivity (Wildman–Crippen MR) is 68.3 cm³/mol. The van der Waals surface area contributed by atoms with Crippen LogP contribution in [0.25, 0.3) is 0 Å².